The summed E-state index contributed by atoms with van der Waals surface area (Å²) in [6.07, 6.45) is 7.86. The zero-order chi connectivity index (χ0) is 19.6. The highest BCUT2D eigenvalue weighted by molar-refractivity contribution is 7.98. The highest BCUT2D eigenvalue weighted by atomic mass is 32.2. The zero-order valence-corrected chi connectivity index (χ0v) is 17.2. The Hall–Kier alpha value is -2.09. The third kappa shape index (κ3) is 6.51. The lowest BCUT2D eigenvalue weighted by Crippen LogP contribution is -2.45. The van der Waals surface area contributed by atoms with E-state index in [0.717, 1.165) is 38.5 Å². The number of oxazole rings is 1. The topological polar surface area (TPSA) is 61.6 Å². The molecule has 0 aliphatic carbocycles. The summed E-state index contributed by atoms with van der Waals surface area (Å²) in [5, 5.41) is 2.84. The van der Waals surface area contributed by atoms with Crippen LogP contribution in [0.1, 0.15) is 21.9 Å². The van der Waals surface area contributed by atoms with E-state index in [-0.39, 0.29) is 5.91 Å². The zero-order valence-electron chi connectivity index (χ0n) is 16.3. The van der Waals surface area contributed by atoms with E-state index >= 15 is 0 Å². The first-order valence-corrected chi connectivity index (χ1v) is 11.0. The fourth-order valence-corrected chi connectivity index (χ4v) is 3.37. The average Bonchev–Trinajstić information content (AvgIpc) is 3.19. The number of rotatable bonds is 9. The standard InChI is InChI=1S/C21H28N4O2S/c1-28-15-9-22-21(26)19-17-27-20(23-19)16-25-13-11-24(12-14-25)10-5-8-18-6-3-2-4-7-18/h2-8,17H,9-16H2,1H3,(H,22,26). The van der Waals surface area contributed by atoms with Crippen molar-refractivity contribution in [1.82, 2.24) is 20.1 Å². The summed E-state index contributed by atoms with van der Waals surface area (Å²) in [5.74, 6) is 1.33. The number of hydrogen-bond donors (Lipinski definition) is 1. The van der Waals surface area contributed by atoms with Crippen molar-refractivity contribution in [1.29, 1.82) is 0 Å². The van der Waals surface area contributed by atoms with Crippen molar-refractivity contribution in [2.24, 2.45) is 0 Å². The fraction of sp³-hybridized carbons (Fsp3) is 0.429. The number of benzene rings is 1. The van der Waals surface area contributed by atoms with Crippen LogP contribution in [-0.2, 0) is 6.54 Å². The van der Waals surface area contributed by atoms with E-state index in [4.69, 9.17) is 4.42 Å². The number of hydrogen-bond acceptors (Lipinski definition) is 6. The van der Waals surface area contributed by atoms with Crippen LogP contribution in [0.25, 0.3) is 6.08 Å². The number of nitrogens with one attached hydrogen (secondary N) is 1. The van der Waals surface area contributed by atoms with E-state index in [1.807, 2.05) is 12.3 Å². The molecule has 3 rings (SSSR count). The average molecular weight is 401 g/mol. The van der Waals surface area contributed by atoms with Gasteiger partial charge in [-0.05, 0) is 11.8 Å². The van der Waals surface area contributed by atoms with Crippen molar-refractivity contribution in [2.45, 2.75) is 6.54 Å². The molecule has 1 amide bonds. The molecule has 2 aromatic rings. The number of carbonyl (C=O) groups excluding carboxylic acids is 1. The van der Waals surface area contributed by atoms with Crippen LogP contribution in [0.4, 0.5) is 0 Å². The predicted molar refractivity (Wildman–Crippen MR) is 114 cm³/mol. The monoisotopic (exact) mass is 400 g/mol. The summed E-state index contributed by atoms with van der Waals surface area (Å²) in [6, 6.07) is 10.4. The smallest absolute Gasteiger partial charge is 0.273 e. The molecule has 0 spiro atoms. The molecule has 0 bridgehead atoms. The van der Waals surface area contributed by atoms with Gasteiger partial charge in [-0.2, -0.15) is 11.8 Å². The van der Waals surface area contributed by atoms with Gasteiger partial charge in [0, 0.05) is 45.0 Å². The number of nitrogens with zero attached hydrogens (tertiary/aromatic N) is 3. The van der Waals surface area contributed by atoms with Crippen molar-refractivity contribution >= 4 is 23.7 Å². The van der Waals surface area contributed by atoms with Gasteiger partial charge in [-0.15, -0.1) is 0 Å². The van der Waals surface area contributed by atoms with Crippen molar-refractivity contribution in [3.05, 3.63) is 59.8 Å². The van der Waals surface area contributed by atoms with Gasteiger partial charge in [-0.25, -0.2) is 4.98 Å². The second kappa shape index (κ2) is 11.0. The molecule has 0 radical (unpaired) electrons. The van der Waals surface area contributed by atoms with E-state index in [1.165, 1.54) is 11.8 Å². The molecule has 0 unspecified atom stereocenters. The van der Waals surface area contributed by atoms with Crippen molar-refractivity contribution in [2.75, 3.05) is 51.3 Å². The first-order valence-electron chi connectivity index (χ1n) is 9.62. The third-order valence-electron chi connectivity index (χ3n) is 4.67. The number of amides is 1. The molecule has 1 saturated heterocycles. The Morgan fingerprint density at radius 1 is 1.21 bits per heavy atom. The maximum Gasteiger partial charge on any atom is 0.273 e. The molecule has 1 fully saturated rings. The number of aromatic nitrogens is 1. The summed E-state index contributed by atoms with van der Waals surface area (Å²) in [4.78, 5) is 21.1. The van der Waals surface area contributed by atoms with Gasteiger partial charge in [0.2, 0.25) is 5.89 Å². The predicted octanol–water partition coefficient (Wildman–Crippen LogP) is 2.60. The minimum atomic E-state index is -0.168. The van der Waals surface area contributed by atoms with Crippen molar-refractivity contribution < 1.29 is 9.21 Å². The molecule has 2 heterocycles. The van der Waals surface area contributed by atoms with Crippen LogP contribution in [0, 0.1) is 0 Å². The molecule has 6 nitrogen and oxygen atoms in total. The van der Waals surface area contributed by atoms with Crippen LogP contribution in [0.2, 0.25) is 0 Å². The van der Waals surface area contributed by atoms with E-state index in [2.05, 4.69) is 56.5 Å². The number of carbonyl (C=O) groups is 1. The third-order valence-corrected chi connectivity index (χ3v) is 5.29. The molecule has 150 valence electrons. The lowest BCUT2D eigenvalue weighted by molar-refractivity contribution is 0.0951. The molecule has 1 aliphatic rings. The Morgan fingerprint density at radius 3 is 2.71 bits per heavy atom. The molecule has 7 heteroatoms. The summed E-state index contributed by atoms with van der Waals surface area (Å²) in [5.41, 5.74) is 1.60. The molecular weight excluding hydrogens is 372 g/mol. The van der Waals surface area contributed by atoms with Gasteiger partial charge in [0.1, 0.15) is 6.26 Å². The summed E-state index contributed by atoms with van der Waals surface area (Å²) < 4.78 is 5.49. The molecular formula is C21H28N4O2S. The van der Waals surface area contributed by atoms with Crippen molar-refractivity contribution in [3.8, 4) is 0 Å². The first kappa shape index (κ1) is 20.6. The minimum Gasteiger partial charge on any atom is -0.447 e. The van der Waals surface area contributed by atoms with Crippen LogP contribution >= 0.6 is 11.8 Å². The second-order valence-corrected chi connectivity index (χ2v) is 7.75. The molecule has 0 atom stereocenters. The van der Waals surface area contributed by atoms with Gasteiger partial charge in [0.15, 0.2) is 5.69 Å². The highest BCUT2D eigenvalue weighted by Gasteiger charge is 2.19. The maximum absolute atomic E-state index is 12.0. The Labute approximate surface area is 171 Å². The number of piperazine rings is 1. The van der Waals surface area contributed by atoms with Crippen LogP contribution < -0.4 is 5.32 Å². The Balaban J connectivity index is 1.38. The van der Waals surface area contributed by atoms with E-state index in [0.29, 0.717) is 24.7 Å². The van der Waals surface area contributed by atoms with E-state index in [1.54, 1.807) is 11.8 Å². The van der Waals surface area contributed by atoms with Gasteiger partial charge in [-0.1, -0.05) is 42.5 Å². The van der Waals surface area contributed by atoms with Gasteiger partial charge < -0.3 is 9.73 Å². The summed E-state index contributed by atoms with van der Waals surface area (Å²) in [7, 11) is 0. The Bertz CT molecular complexity index is 755. The van der Waals surface area contributed by atoms with E-state index < -0.39 is 0 Å². The molecule has 0 saturated carbocycles. The van der Waals surface area contributed by atoms with Crippen LogP contribution in [0.5, 0.6) is 0 Å². The highest BCUT2D eigenvalue weighted by Crippen LogP contribution is 2.10. The molecule has 1 aliphatic heterocycles. The van der Waals surface area contributed by atoms with E-state index in [9.17, 15) is 4.79 Å². The largest absolute Gasteiger partial charge is 0.447 e. The Morgan fingerprint density at radius 2 is 1.96 bits per heavy atom. The second-order valence-electron chi connectivity index (χ2n) is 6.76. The van der Waals surface area contributed by atoms with Crippen LogP contribution in [0.15, 0.2) is 47.1 Å². The van der Waals surface area contributed by atoms with Gasteiger partial charge in [-0.3, -0.25) is 14.6 Å². The van der Waals surface area contributed by atoms with Gasteiger partial charge >= 0.3 is 0 Å². The van der Waals surface area contributed by atoms with Crippen LogP contribution in [-0.4, -0.2) is 72.0 Å². The van der Waals surface area contributed by atoms with Crippen LogP contribution in [0.3, 0.4) is 0 Å². The maximum atomic E-state index is 12.0. The molecule has 1 aromatic heterocycles. The molecule has 1 N–H and O–H groups in total. The Kier molecular flexibility index (Phi) is 8.14. The van der Waals surface area contributed by atoms with Gasteiger partial charge in [0.25, 0.3) is 5.91 Å². The summed E-state index contributed by atoms with van der Waals surface area (Å²) >= 11 is 1.70. The number of thioether (sulfide) groups is 1. The fourth-order valence-electron chi connectivity index (χ4n) is 3.07. The lowest BCUT2D eigenvalue weighted by Gasteiger charge is -2.33. The minimum absolute atomic E-state index is 0.168. The van der Waals surface area contributed by atoms with Gasteiger partial charge in [0.05, 0.1) is 6.54 Å². The lowest BCUT2D eigenvalue weighted by atomic mass is 10.2. The normalized spacial score (nSPS) is 15.9. The molecule has 28 heavy (non-hydrogen) atoms. The first-order chi connectivity index (χ1) is 13.7. The quantitative estimate of drug-likeness (QED) is 0.653. The molecule has 1 aromatic carbocycles. The SMILES string of the molecule is CSCCNC(=O)c1coc(CN2CCN(CC=Cc3ccccc3)CC2)n1. The van der Waals surface area contributed by atoms with Crippen molar-refractivity contribution in [3.63, 3.8) is 0 Å². The summed E-state index contributed by atoms with van der Waals surface area (Å²) in [6.45, 7) is 6.22.